The minimum atomic E-state index is -0.457. The predicted molar refractivity (Wildman–Crippen MR) is 65.4 cm³/mol. The van der Waals surface area contributed by atoms with Gasteiger partial charge in [-0.3, -0.25) is 0 Å². The van der Waals surface area contributed by atoms with Gasteiger partial charge in [0.15, 0.2) is 0 Å². The van der Waals surface area contributed by atoms with Crippen molar-refractivity contribution in [1.29, 1.82) is 0 Å². The second kappa shape index (κ2) is 7.09. The van der Waals surface area contributed by atoms with Crippen molar-refractivity contribution >= 4 is 11.9 Å². The highest BCUT2D eigenvalue weighted by molar-refractivity contribution is 6.00. The van der Waals surface area contributed by atoms with Gasteiger partial charge in [0.1, 0.15) is 0 Å². The van der Waals surface area contributed by atoms with Gasteiger partial charge in [-0.05, 0) is 18.3 Å². The van der Waals surface area contributed by atoms with Crippen molar-refractivity contribution in [3.8, 4) is 0 Å². The fraction of sp³-hybridized carbons (Fsp3) is 0.692. The minimum absolute atomic E-state index is 0.0738. The molecule has 0 heterocycles. The Morgan fingerprint density at radius 1 is 0.941 bits per heavy atom. The third kappa shape index (κ3) is 4.59. The molecule has 0 rings (SSSR count). The molecule has 0 aliphatic rings. The Balaban J connectivity index is 5.55. The summed E-state index contributed by atoms with van der Waals surface area (Å²) < 4.78 is 9.46. The second-order valence-electron chi connectivity index (χ2n) is 4.63. The molecule has 4 heteroatoms. The molecular formula is C13H22O4. The highest BCUT2D eigenvalue weighted by atomic mass is 16.5. The lowest BCUT2D eigenvalue weighted by molar-refractivity contribution is -0.140. The molecule has 0 aromatic heterocycles. The number of carbonyl (C=O) groups is 2. The molecule has 0 aliphatic heterocycles. The normalized spacial score (nSPS) is 12.5. The third-order valence-electron chi connectivity index (χ3n) is 2.35. The van der Waals surface area contributed by atoms with Gasteiger partial charge in [-0.15, -0.1) is 0 Å². The quantitative estimate of drug-likeness (QED) is 0.548. The minimum Gasteiger partial charge on any atom is -0.466 e. The Hall–Kier alpha value is -1.32. The molecule has 4 nitrogen and oxygen atoms in total. The number of rotatable bonds is 5. The molecule has 0 atom stereocenters. The molecule has 0 radical (unpaired) electrons. The van der Waals surface area contributed by atoms with Gasteiger partial charge in [0.2, 0.25) is 0 Å². The number of hydrogen-bond donors (Lipinski definition) is 0. The molecule has 0 bridgehead atoms. The first kappa shape index (κ1) is 15.7. The molecule has 0 aliphatic carbocycles. The Morgan fingerprint density at radius 3 is 1.71 bits per heavy atom. The van der Waals surface area contributed by atoms with Crippen LogP contribution < -0.4 is 0 Å². The SMILES string of the molecule is COC(=O)C(CC(C)C)=C(C(=O)OC)C(C)C. The van der Waals surface area contributed by atoms with Gasteiger partial charge >= 0.3 is 11.9 Å². The fourth-order valence-corrected chi connectivity index (χ4v) is 1.65. The highest BCUT2D eigenvalue weighted by Gasteiger charge is 2.25. The zero-order valence-electron chi connectivity index (χ0n) is 11.5. The fourth-order valence-electron chi connectivity index (χ4n) is 1.65. The Labute approximate surface area is 103 Å². The topological polar surface area (TPSA) is 52.6 Å². The maximum Gasteiger partial charge on any atom is 0.334 e. The monoisotopic (exact) mass is 242 g/mol. The summed E-state index contributed by atoms with van der Waals surface area (Å²) in [6, 6.07) is 0. The largest absolute Gasteiger partial charge is 0.466 e. The molecule has 0 amide bonds. The van der Waals surface area contributed by atoms with E-state index in [4.69, 9.17) is 9.47 Å². The summed E-state index contributed by atoms with van der Waals surface area (Å²) in [5.74, 6) is -0.716. The van der Waals surface area contributed by atoms with Gasteiger partial charge in [-0.1, -0.05) is 27.7 Å². The van der Waals surface area contributed by atoms with Crippen molar-refractivity contribution in [2.45, 2.75) is 34.1 Å². The Kier molecular flexibility index (Phi) is 6.54. The van der Waals surface area contributed by atoms with E-state index in [1.54, 1.807) is 0 Å². The predicted octanol–water partition coefficient (Wildman–Crippen LogP) is 2.33. The average Bonchev–Trinajstić information content (AvgIpc) is 2.25. The van der Waals surface area contributed by atoms with Gasteiger partial charge in [-0.25, -0.2) is 9.59 Å². The highest BCUT2D eigenvalue weighted by Crippen LogP contribution is 2.23. The first-order chi connectivity index (χ1) is 7.84. The van der Waals surface area contributed by atoms with E-state index in [-0.39, 0.29) is 11.8 Å². The van der Waals surface area contributed by atoms with Crippen LogP contribution in [0.1, 0.15) is 34.1 Å². The summed E-state index contributed by atoms with van der Waals surface area (Å²) in [6.07, 6.45) is 0.509. The van der Waals surface area contributed by atoms with Crippen LogP contribution in [-0.4, -0.2) is 26.2 Å². The lowest BCUT2D eigenvalue weighted by Crippen LogP contribution is -2.19. The van der Waals surface area contributed by atoms with E-state index in [1.165, 1.54) is 14.2 Å². The maximum atomic E-state index is 11.7. The van der Waals surface area contributed by atoms with Crippen LogP contribution in [0.4, 0.5) is 0 Å². The van der Waals surface area contributed by atoms with Crippen molar-refractivity contribution < 1.29 is 19.1 Å². The summed E-state index contributed by atoms with van der Waals surface area (Å²) in [6.45, 7) is 7.68. The van der Waals surface area contributed by atoms with Crippen LogP contribution in [0.5, 0.6) is 0 Å². The molecule has 0 aromatic rings. The number of esters is 2. The van der Waals surface area contributed by atoms with E-state index in [0.717, 1.165) is 0 Å². The van der Waals surface area contributed by atoms with Crippen LogP contribution in [0.3, 0.4) is 0 Å². The zero-order valence-corrected chi connectivity index (χ0v) is 11.5. The van der Waals surface area contributed by atoms with Crippen LogP contribution >= 0.6 is 0 Å². The van der Waals surface area contributed by atoms with E-state index in [0.29, 0.717) is 17.6 Å². The number of hydrogen-bond acceptors (Lipinski definition) is 4. The van der Waals surface area contributed by atoms with Gasteiger partial charge in [0.25, 0.3) is 0 Å². The number of ether oxygens (including phenoxy) is 2. The van der Waals surface area contributed by atoms with E-state index in [2.05, 4.69) is 0 Å². The summed E-state index contributed by atoms with van der Waals surface area (Å²) >= 11 is 0. The molecule has 0 saturated carbocycles. The summed E-state index contributed by atoms with van der Waals surface area (Å²) in [5, 5.41) is 0. The molecule has 98 valence electrons. The van der Waals surface area contributed by atoms with Crippen LogP contribution in [-0.2, 0) is 19.1 Å². The first-order valence-electron chi connectivity index (χ1n) is 5.74. The molecule has 0 N–H and O–H groups in total. The molecule has 0 spiro atoms. The van der Waals surface area contributed by atoms with Crippen LogP contribution in [0.15, 0.2) is 11.1 Å². The maximum absolute atomic E-state index is 11.7. The molecule has 0 fully saturated rings. The summed E-state index contributed by atoms with van der Waals surface area (Å²) in [5.41, 5.74) is 0.831. The lowest BCUT2D eigenvalue weighted by Gasteiger charge is -2.16. The van der Waals surface area contributed by atoms with E-state index < -0.39 is 11.9 Å². The first-order valence-corrected chi connectivity index (χ1v) is 5.74. The second-order valence-corrected chi connectivity index (χ2v) is 4.63. The van der Waals surface area contributed by atoms with Crippen molar-refractivity contribution in [2.24, 2.45) is 11.8 Å². The van der Waals surface area contributed by atoms with Crippen molar-refractivity contribution in [3.63, 3.8) is 0 Å². The Bertz CT molecular complexity index is 313. The Morgan fingerprint density at radius 2 is 1.41 bits per heavy atom. The smallest absolute Gasteiger partial charge is 0.334 e. The van der Waals surface area contributed by atoms with Crippen LogP contribution in [0.25, 0.3) is 0 Å². The molecule has 0 aromatic carbocycles. The van der Waals surface area contributed by atoms with E-state index in [9.17, 15) is 9.59 Å². The third-order valence-corrected chi connectivity index (χ3v) is 2.35. The van der Waals surface area contributed by atoms with Gasteiger partial charge in [-0.2, -0.15) is 0 Å². The molecule has 17 heavy (non-hydrogen) atoms. The van der Waals surface area contributed by atoms with Crippen LogP contribution in [0.2, 0.25) is 0 Å². The van der Waals surface area contributed by atoms with Gasteiger partial charge in [0, 0.05) is 5.57 Å². The summed E-state index contributed by atoms with van der Waals surface area (Å²) in [7, 11) is 2.63. The van der Waals surface area contributed by atoms with Crippen molar-refractivity contribution in [2.75, 3.05) is 14.2 Å². The zero-order chi connectivity index (χ0) is 13.6. The average molecular weight is 242 g/mol. The molecule has 0 saturated heterocycles. The van der Waals surface area contributed by atoms with Crippen molar-refractivity contribution in [1.82, 2.24) is 0 Å². The standard InChI is InChI=1S/C13H22O4/c1-8(2)7-10(12(14)16-5)11(9(3)4)13(15)17-6/h8-9H,7H2,1-6H3. The summed E-state index contributed by atoms with van der Waals surface area (Å²) in [4.78, 5) is 23.4. The van der Waals surface area contributed by atoms with Crippen LogP contribution in [0, 0.1) is 11.8 Å². The number of methoxy groups -OCH3 is 2. The van der Waals surface area contributed by atoms with Gasteiger partial charge < -0.3 is 9.47 Å². The number of carbonyl (C=O) groups excluding carboxylic acids is 2. The van der Waals surface area contributed by atoms with E-state index >= 15 is 0 Å². The van der Waals surface area contributed by atoms with E-state index in [1.807, 2.05) is 27.7 Å². The van der Waals surface area contributed by atoms with Crippen molar-refractivity contribution in [3.05, 3.63) is 11.1 Å². The molecular weight excluding hydrogens is 220 g/mol. The van der Waals surface area contributed by atoms with Gasteiger partial charge in [0.05, 0.1) is 19.8 Å². The lowest BCUT2D eigenvalue weighted by atomic mass is 9.91. The molecule has 0 unspecified atom stereocenters.